The van der Waals surface area contributed by atoms with Gasteiger partial charge in [0.15, 0.2) is 0 Å². The van der Waals surface area contributed by atoms with Gasteiger partial charge in [-0.3, -0.25) is 4.79 Å². The quantitative estimate of drug-likeness (QED) is 0.702. The molecule has 3 N–H and O–H groups in total. The predicted octanol–water partition coefficient (Wildman–Crippen LogP) is 1.61. The summed E-state index contributed by atoms with van der Waals surface area (Å²) in [5.41, 5.74) is 5.35. The van der Waals surface area contributed by atoms with Crippen molar-refractivity contribution in [2.45, 2.75) is 45.6 Å². The molecule has 0 aromatic carbocycles. The molecule has 1 unspecified atom stereocenters. The number of carboxylic acid groups (broad SMARTS) is 1. The molecule has 1 atom stereocenters. The van der Waals surface area contributed by atoms with Crippen LogP contribution < -0.4 is 5.73 Å². The van der Waals surface area contributed by atoms with Gasteiger partial charge in [-0.2, -0.15) is 0 Å². The van der Waals surface area contributed by atoms with Crippen molar-refractivity contribution in [3.63, 3.8) is 0 Å². The van der Waals surface area contributed by atoms with Crippen molar-refractivity contribution in [3.05, 3.63) is 0 Å². The first-order valence-electron chi connectivity index (χ1n) is 4.99. The van der Waals surface area contributed by atoms with Gasteiger partial charge in [0.05, 0.1) is 5.41 Å². The second kappa shape index (κ2) is 3.66. The maximum absolute atomic E-state index is 11.2. The van der Waals surface area contributed by atoms with E-state index in [-0.39, 0.29) is 12.0 Å². The van der Waals surface area contributed by atoms with Crippen molar-refractivity contribution in [1.29, 1.82) is 0 Å². The highest BCUT2D eigenvalue weighted by atomic mass is 16.4. The van der Waals surface area contributed by atoms with Crippen LogP contribution in [0.2, 0.25) is 0 Å². The first kappa shape index (κ1) is 10.5. The highest BCUT2D eigenvalue weighted by Gasteiger charge is 2.47. The second-order valence-electron chi connectivity index (χ2n) is 4.44. The summed E-state index contributed by atoms with van der Waals surface area (Å²) >= 11 is 0. The van der Waals surface area contributed by atoms with Crippen LogP contribution in [0.25, 0.3) is 0 Å². The number of hydrogen-bond donors (Lipinski definition) is 2. The van der Waals surface area contributed by atoms with Gasteiger partial charge in [0.25, 0.3) is 0 Å². The molecular weight excluding hydrogens is 166 g/mol. The molecule has 3 nitrogen and oxygen atoms in total. The molecule has 13 heavy (non-hydrogen) atoms. The van der Waals surface area contributed by atoms with Crippen LogP contribution in [0.15, 0.2) is 0 Å². The van der Waals surface area contributed by atoms with Crippen molar-refractivity contribution in [2.24, 2.45) is 17.1 Å². The van der Waals surface area contributed by atoms with E-state index >= 15 is 0 Å². The molecule has 3 heteroatoms. The third-order valence-electron chi connectivity index (χ3n) is 3.28. The molecule has 0 saturated heterocycles. The Bertz CT molecular complexity index is 195. The molecule has 1 saturated carbocycles. The van der Waals surface area contributed by atoms with E-state index in [0.717, 1.165) is 25.7 Å². The lowest BCUT2D eigenvalue weighted by atomic mass is 9.74. The molecule has 76 valence electrons. The zero-order valence-corrected chi connectivity index (χ0v) is 8.42. The zero-order valence-electron chi connectivity index (χ0n) is 8.42. The van der Waals surface area contributed by atoms with Crippen molar-refractivity contribution in [2.75, 3.05) is 0 Å². The first-order valence-corrected chi connectivity index (χ1v) is 4.99. The molecule has 0 heterocycles. The van der Waals surface area contributed by atoms with Gasteiger partial charge in [-0.15, -0.1) is 0 Å². The number of carboxylic acids is 1. The lowest BCUT2D eigenvalue weighted by Crippen LogP contribution is -2.48. The Morgan fingerprint density at radius 3 is 2.15 bits per heavy atom. The third kappa shape index (κ3) is 1.70. The highest BCUT2D eigenvalue weighted by Crippen LogP contribution is 2.42. The monoisotopic (exact) mass is 185 g/mol. The summed E-state index contributed by atoms with van der Waals surface area (Å²) in [6, 6.07) is -0.201. The minimum atomic E-state index is -0.703. The highest BCUT2D eigenvalue weighted by molar-refractivity contribution is 5.76. The van der Waals surface area contributed by atoms with Crippen LogP contribution in [0.5, 0.6) is 0 Å². The average Bonchev–Trinajstić information content (AvgIpc) is 2.51. The summed E-state index contributed by atoms with van der Waals surface area (Å²) in [7, 11) is 0. The number of aliphatic carboxylic acids is 1. The number of carbonyl (C=O) groups is 1. The van der Waals surface area contributed by atoms with E-state index in [1.165, 1.54) is 0 Å². The summed E-state index contributed by atoms with van der Waals surface area (Å²) in [5.74, 6) is -0.458. The maximum atomic E-state index is 11.2. The zero-order chi connectivity index (χ0) is 10.1. The smallest absolute Gasteiger partial charge is 0.311 e. The van der Waals surface area contributed by atoms with E-state index in [1.54, 1.807) is 0 Å². The summed E-state index contributed by atoms with van der Waals surface area (Å²) < 4.78 is 0. The first-order chi connectivity index (χ1) is 6.00. The largest absolute Gasteiger partial charge is 0.481 e. The molecule has 0 aromatic heterocycles. The van der Waals surface area contributed by atoms with E-state index in [4.69, 9.17) is 5.73 Å². The van der Waals surface area contributed by atoms with Crippen LogP contribution in [-0.4, -0.2) is 17.1 Å². The molecule has 1 aliphatic carbocycles. The van der Waals surface area contributed by atoms with Gasteiger partial charge in [-0.1, -0.05) is 26.7 Å². The van der Waals surface area contributed by atoms with Crippen LogP contribution in [0.4, 0.5) is 0 Å². The van der Waals surface area contributed by atoms with Gasteiger partial charge in [0.2, 0.25) is 0 Å². The van der Waals surface area contributed by atoms with Crippen molar-refractivity contribution >= 4 is 5.97 Å². The van der Waals surface area contributed by atoms with Crippen LogP contribution in [0.3, 0.4) is 0 Å². The van der Waals surface area contributed by atoms with Crippen LogP contribution in [0, 0.1) is 11.3 Å². The fourth-order valence-electron chi connectivity index (χ4n) is 2.33. The molecule has 0 bridgehead atoms. The number of hydrogen-bond acceptors (Lipinski definition) is 2. The Labute approximate surface area is 79.3 Å². The number of nitrogens with two attached hydrogens (primary N) is 1. The molecule has 1 fully saturated rings. The second-order valence-corrected chi connectivity index (χ2v) is 4.44. The summed E-state index contributed by atoms with van der Waals surface area (Å²) in [6.45, 7) is 3.99. The minimum Gasteiger partial charge on any atom is -0.481 e. The average molecular weight is 185 g/mol. The molecule has 0 amide bonds. The fraction of sp³-hybridized carbons (Fsp3) is 0.900. The Morgan fingerprint density at radius 1 is 1.38 bits per heavy atom. The Hall–Kier alpha value is -0.570. The third-order valence-corrected chi connectivity index (χ3v) is 3.28. The van der Waals surface area contributed by atoms with E-state index in [0.29, 0.717) is 0 Å². The molecule has 1 rings (SSSR count). The van der Waals surface area contributed by atoms with Crippen molar-refractivity contribution < 1.29 is 9.90 Å². The summed E-state index contributed by atoms with van der Waals surface area (Å²) in [4.78, 5) is 11.2. The van der Waals surface area contributed by atoms with E-state index in [1.807, 2.05) is 13.8 Å². The van der Waals surface area contributed by atoms with Crippen LogP contribution in [-0.2, 0) is 4.79 Å². The molecule has 0 radical (unpaired) electrons. The topological polar surface area (TPSA) is 63.3 Å². The Balaban J connectivity index is 2.84. The summed E-state index contributed by atoms with van der Waals surface area (Å²) in [6.07, 6.45) is 3.52. The lowest BCUT2D eigenvalue weighted by Gasteiger charge is -2.33. The van der Waals surface area contributed by atoms with Crippen LogP contribution >= 0.6 is 0 Å². The maximum Gasteiger partial charge on any atom is 0.311 e. The van der Waals surface area contributed by atoms with Crippen LogP contribution in [0.1, 0.15) is 39.5 Å². The molecule has 0 aliphatic heterocycles. The van der Waals surface area contributed by atoms with Crippen molar-refractivity contribution in [3.8, 4) is 0 Å². The van der Waals surface area contributed by atoms with E-state index < -0.39 is 11.4 Å². The Morgan fingerprint density at radius 2 is 1.85 bits per heavy atom. The molecule has 1 aliphatic rings. The van der Waals surface area contributed by atoms with Gasteiger partial charge in [0.1, 0.15) is 0 Å². The fourth-order valence-corrected chi connectivity index (χ4v) is 2.33. The Kier molecular flexibility index (Phi) is 2.96. The SMILES string of the molecule is CC(C)C(N)C1(C(=O)O)CCCC1. The van der Waals surface area contributed by atoms with Gasteiger partial charge in [-0.25, -0.2) is 0 Å². The van der Waals surface area contributed by atoms with Gasteiger partial charge < -0.3 is 10.8 Å². The van der Waals surface area contributed by atoms with Gasteiger partial charge in [-0.05, 0) is 18.8 Å². The van der Waals surface area contributed by atoms with Crippen molar-refractivity contribution in [1.82, 2.24) is 0 Å². The molecule has 0 aromatic rings. The van der Waals surface area contributed by atoms with Gasteiger partial charge in [0, 0.05) is 6.04 Å². The normalized spacial score (nSPS) is 23.4. The number of rotatable bonds is 3. The van der Waals surface area contributed by atoms with E-state index in [9.17, 15) is 9.90 Å². The molecule has 0 spiro atoms. The van der Waals surface area contributed by atoms with Gasteiger partial charge >= 0.3 is 5.97 Å². The summed E-state index contributed by atoms with van der Waals surface area (Å²) in [5, 5.41) is 9.20. The lowest BCUT2D eigenvalue weighted by molar-refractivity contribution is -0.150. The predicted molar refractivity (Wildman–Crippen MR) is 51.4 cm³/mol. The minimum absolute atomic E-state index is 0.201. The standard InChI is InChI=1S/C10H19NO2/c1-7(2)8(11)10(9(12)13)5-3-4-6-10/h7-8H,3-6,11H2,1-2H3,(H,12,13). The van der Waals surface area contributed by atoms with E-state index in [2.05, 4.69) is 0 Å². The molecular formula is C10H19NO2.